The van der Waals surface area contributed by atoms with Gasteiger partial charge in [-0.3, -0.25) is 0 Å². The van der Waals surface area contributed by atoms with Gasteiger partial charge < -0.3 is 5.73 Å². The highest BCUT2D eigenvalue weighted by Crippen LogP contribution is 2.21. The first-order chi connectivity index (χ1) is 5.67. The lowest BCUT2D eigenvalue weighted by molar-refractivity contribution is 0.287. The summed E-state index contributed by atoms with van der Waals surface area (Å²) in [6.45, 7) is 6.24. The van der Waals surface area contributed by atoms with Gasteiger partial charge in [0.05, 0.1) is 0 Å². The summed E-state index contributed by atoms with van der Waals surface area (Å²) < 4.78 is 23.9. The average molecular weight is 209 g/mol. The first kappa shape index (κ1) is 12.8. The minimum absolute atomic E-state index is 0.175. The van der Waals surface area contributed by atoms with E-state index in [-0.39, 0.29) is 11.5 Å². The summed E-state index contributed by atoms with van der Waals surface area (Å²) in [7, 11) is -3.63. The first-order valence-corrected chi connectivity index (χ1v) is 5.71. The van der Waals surface area contributed by atoms with E-state index >= 15 is 0 Å². The van der Waals surface area contributed by atoms with E-state index in [1.165, 1.54) is 0 Å². The fourth-order valence-corrected chi connectivity index (χ4v) is 1.90. The molecule has 0 spiro atoms. The van der Waals surface area contributed by atoms with Crippen molar-refractivity contribution in [3.63, 3.8) is 0 Å². The van der Waals surface area contributed by atoms with Crippen molar-refractivity contribution in [3.05, 3.63) is 0 Å². The van der Waals surface area contributed by atoms with Crippen LogP contribution < -0.4 is 15.6 Å². The Morgan fingerprint density at radius 1 is 1.38 bits per heavy atom. The quantitative estimate of drug-likeness (QED) is 0.584. The Morgan fingerprint density at radius 3 is 2.08 bits per heavy atom. The molecule has 0 aromatic rings. The molecule has 0 saturated heterocycles. The summed E-state index contributed by atoms with van der Waals surface area (Å²) in [6, 6.07) is -0.215. The molecular weight excluding hydrogens is 190 g/mol. The second kappa shape index (κ2) is 4.36. The van der Waals surface area contributed by atoms with Gasteiger partial charge in [0, 0.05) is 6.04 Å². The number of hydrogen-bond donors (Lipinski definition) is 3. The molecule has 0 aromatic carbocycles. The maximum Gasteiger partial charge on any atom is 0.274 e. The summed E-state index contributed by atoms with van der Waals surface area (Å²) in [5.41, 5.74) is 5.19. The number of hydrogen-bond acceptors (Lipinski definition) is 3. The molecule has 0 saturated carbocycles. The van der Waals surface area contributed by atoms with Crippen LogP contribution in [0.3, 0.4) is 0 Å². The average Bonchev–Trinajstić information content (AvgIpc) is 1.81. The van der Waals surface area contributed by atoms with Gasteiger partial charge in [0.25, 0.3) is 10.2 Å². The van der Waals surface area contributed by atoms with Gasteiger partial charge in [0.1, 0.15) is 0 Å². The third-order valence-corrected chi connectivity index (χ3v) is 2.42. The van der Waals surface area contributed by atoms with Crippen molar-refractivity contribution in [2.75, 3.05) is 6.54 Å². The highest BCUT2D eigenvalue weighted by atomic mass is 32.2. The molecular formula is C7H19N3O2S. The second-order valence-electron chi connectivity index (χ2n) is 4.16. The highest BCUT2D eigenvalue weighted by molar-refractivity contribution is 7.87. The summed E-state index contributed by atoms with van der Waals surface area (Å²) in [4.78, 5) is 0. The van der Waals surface area contributed by atoms with E-state index in [4.69, 9.17) is 10.9 Å². The Morgan fingerprint density at radius 2 is 1.85 bits per heavy atom. The van der Waals surface area contributed by atoms with Crippen molar-refractivity contribution in [1.82, 2.24) is 4.72 Å². The zero-order valence-corrected chi connectivity index (χ0v) is 9.19. The fraction of sp³-hybridized carbons (Fsp3) is 1.00. The summed E-state index contributed by atoms with van der Waals surface area (Å²) in [6.07, 6.45) is 0.583. The molecule has 80 valence electrons. The predicted molar refractivity (Wildman–Crippen MR) is 53.2 cm³/mol. The van der Waals surface area contributed by atoms with Crippen molar-refractivity contribution in [2.45, 2.75) is 33.2 Å². The van der Waals surface area contributed by atoms with Crippen molar-refractivity contribution >= 4 is 10.2 Å². The van der Waals surface area contributed by atoms with Crippen LogP contribution in [0.1, 0.15) is 27.2 Å². The van der Waals surface area contributed by atoms with Crippen LogP contribution in [0, 0.1) is 5.41 Å². The summed E-state index contributed by atoms with van der Waals surface area (Å²) >= 11 is 0. The Labute approximate surface area is 80.1 Å². The maximum atomic E-state index is 10.8. The maximum absolute atomic E-state index is 10.8. The Hall–Kier alpha value is -0.170. The molecule has 0 radical (unpaired) electrons. The predicted octanol–water partition coefficient (Wildman–Crippen LogP) is -0.457. The number of nitrogens with one attached hydrogen (secondary N) is 1. The van der Waals surface area contributed by atoms with E-state index in [0.29, 0.717) is 13.0 Å². The minimum atomic E-state index is -3.63. The molecule has 6 heteroatoms. The van der Waals surface area contributed by atoms with Crippen LogP contribution in [0.4, 0.5) is 0 Å². The van der Waals surface area contributed by atoms with Gasteiger partial charge in [-0.15, -0.1) is 0 Å². The zero-order chi connectivity index (χ0) is 10.7. The molecule has 0 heterocycles. The van der Waals surface area contributed by atoms with Crippen molar-refractivity contribution < 1.29 is 8.42 Å². The minimum Gasteiger partial charge on any atom is -0.330 e. The van der Waals surface area contributed by atoms with Gasteiger partial charge in [-0.2, -0.15) is 13.1 Å². The number of rotatable bonds is 4. The zero-order valence-electron chi connectivity index (χ0n) is 8.37. The lowest BCUT2D eigenvalue weighted by atomic mass is 9.85. The van der Waals surface area contributed by atoms with Crippen LogP contribution >= 0.6 is 0 Å². The van der Waals surface area contributed by atoms with Gasteiger partial charge in [0.2, 0.25) is 0 Å². The van der Waals surface area contributed by atoms with E-state index in [2.05, 4.69) is 4.72 Å². The molecule has 13 heavy (non-hydrogen) atoms. The molecule has 0 aliphatic rings. The highest BCUT2D eigenvalue weighted by Gasteiger charge is 2.26. The van der Waals surface area contributed by atoms with Crippen molar-refractivity contribution in [1.29, 1.82) is 0 Å². The van der Waals surface area contributed by atoms with E-state index in [1.807, 2.05) is 20.8 Å². The van der Waals surface area contributed by atoms with Crippen molar-refractivity contribution in [2.24, 2.45) is 16.3 Å². The smallest absolute Gasteiger partial charge is 0.274 e. The van der Waals surface area contributed by atoms with Crippen LogP contribution in [-0.4, -0.2) is 21.0 Å². The van der Waals surface area contributed by atoms with Crippen LogP contribution in [0.15, 0.2) is 0 Å². The summed E-state index contributed by atoms with van der Waals surface area (Å²) in [5, 5.41) is 4.88. The van der Waals surface area contributed by atoms with E-state index < -0.39 is 10.2 Å². The molecule has 1 unspecified atom stereocenters. The third-order valence-electron chi connectivity index (χ3n) is 1.81. The molecule has 0 rings (SSSR count). The number of nitrogens with two attached hydrogens (primary N) is 2. The largest absolute Gasteiger partial charge is 0.330 e. The second-order valence-corrected chi connectivity index (χ2v) is 5.48. The standard InChI is InChI=1S/C7H19N3O2S/c1-7(2,3)6(4-5-8)10-13(9,11)12/h6,10H,4-5,8H2,1-3H3,(H2,9,11,12). The monoisotopic (exact) mass is 209 g/mol. The van der Waals surface area contributed by atoms with E-state index in [1.54, 1.807) is 0 Å². The fourth-order valence-electron chi connectivity index (χ4n) is 1.03. The van der Waals surface area contributed by atoms with Crippen molar-refractivity contribution in [3.8, 4) is 0 Å². The van der Waals surface area contributed by atoms with Gasteiger partial charge >= 0.3 is 0 Å². The molecule has 0 aromatic heterocycles. The SMILES string of the molecule is CC(C)(C)C(CCN)NS(N)(=O)=O. The first-order valence-electron chi connectivity index (χ1n) is 4.17. The van der Waals surface area contributed by atoms with Gasteiger partial charge in [-0.05, 0) is 18.4 Å². The van der Waals surface area contributed by atoms with Crippen LogP contribution in [0.25, 0.3) is 0 Å². The third kappa shape index (κ3) is 5.98. The normalized spacial score (nSPS) is 15.8. The lowest BCUT2D eigenvalue weighted by Gasteiger charge is -2.30. The molecule has 5 N–H and O–H groups in total. The summed E-state index contributed by atoms with van der Waals surface area (Å²) in [5.74, 6) is 0. The Bertz CT molecular complexity index is 243. The molecule has 0 fully saturated rings. The molecule has 0 aliphatic carbocycles. The molecule has 1 atom stereocenters. The molecule has 5 nitrogen and oxygen atoms in total. The van der Waals surface area contributed by atoms with Crippen LogP contribution in [0.2, 0.25) is 0 Å². The van der Waals surface area contributed by atoms with Crippen LogP contribution in [-0.2, 0) is 10.2 Å². The Balaban J connectivity index is 4.45. The Kier molecular flexibility index (Phi) is 4.31. The van der Waals surface area contributed by atoms with E-state index in [9.17, 15) is 8.42 Å². The topological polar surface area (TPSA) is 98.2 Å². The van der Waals surface area contributed by atoms with Gasteiger partial charge in [-0.1, -0.05) is 20.8 Å². The molecule has 0 amide bonds. The molecule has 0 bridgehead atoms. The van der Waals surface area contributed by atoms with Gasteiger partial charge in [-0.25, -0.2) is 5.14 Å². The lowest BCUT2D eigenvalue weighted by Crippen LogP contribution is -2.47. The van der Waals surface area contributed by atoms with E-state index in [0.717, 1.165) is 0 Å². The molecule has 0 aliphatic heterocycles. The van der Waals surface area contributed by atoms with Crippen LogP contribution in [0.5, 0.6) is 0 Å². The van der Waals surface area contributed by atoms with Gasteiger partial charge in [0.15, 0.2) is 0 Å².